The maximum absolute atomic E-state index is 13.0. The number of aromatic nitrogens is 3. The molecule has 2 aromatic heterocycles. The minimum atomic E-state index is -0.271. The molecule has 1 amide bonds. The van der Waals surface area contributed by atoms with Gasteiger partial charge in [0, 0.05) is 10.9 Å². The Kier molecular flexibility index (Phi) is 3.91. The average Bonchev–Trinajstić information content (AvgIpc) is 3.38. The molecule has 5 aromatic rings. The molecule has 2 heterocycles. The number of fused-ring (bicyclic) bond motifs is 2. The van der Waals surface area contributed by atoms with Crippen molar-refractivity contribution in [3.63, 3.8) is 0 Å². The normalized spacial score (nSPS) is 12.3. The summed E-state index contributed by atoms with van der Waals surface area (Å²) in [6, 6.07) is 25.5. The number of carbonyl (C=O) groups is 1. The van der Waals surface area contributed by atoms with Crippen LogP contribution in [0.1, 0.15) is 27.7 Å². The first-order valence-electron chi connectivity index (χ1n) is 9.14. The fourth-order valence-corrected chi connectivity index (χ4v) is 3.54. The van der Waals surface area contributed by atoms with Crippen LogP contribution in [0.2, 0.25) is 0 Å². The molecule has 0 spiro atoms. The highest BCUT2D eigenvalue weighted by Gasteiger charge is 2.19. The average molecular weight is 366 g/mol. The predicted molar refractivity (Wildman–Crippen MR) is 110 cm³/mol. The lowest BCUT2D eigenvalue weighted by Gasteiger charge is -2.19. The van der Waals surface area contributed by atoms with Gasteiger partial charge in [0.15, 0.2) is 0 Å². The number of hydrogen-bond acceptors (Lipinski definition) is 2. The molecule has 5 rings (SSSR count). The molecule has 28 heavy (non-hydrogen) atoms. The van der Waals surface area contributed by atoms with E-state index in [4.69, 9.17) is 0 Å². The van der Waals surface area contributed by atoms with Crippen molar-refractivity contribution < 1.29 is 4.79 Å². The molecule has 1 atom stereocenters. The number of H-pyrrole nitrogens is 2. The van der Waals surface area contributed by atoms with Crippen LogP contribution in [-0.2, 0) is 0 Å². The molecule has 3 N–H and O–H groups in total. The summed E-state index contributed by atoms with van der Waals surface area (Å²) >= 11 is 0. The van der Waals surface area contributed by atoms with Gasteiger partial charge in [0.05, 0.1) is 23.4 Å². The van der Waals surface area contributed by atoms with Crippen molar-refractivity contribution in [1.29, 1.82) is 0 Å². The Balaban J connectivity index is 1.53. The second-order valence-corrected chi connectivity index (χ2v) is 6.77. The van der Waals surface area contributed by atoms with Crippen LogP contribution in [-0.4, -0.2) is 20.9 Å². The third kappa shape index (κ3) is 2.93. The van der Waals surface area contributed by atoms with Gasteiger partial charge in [-0.3, -0.25) is 4.79 Å². The zero-order valence-electron chi connectivity index (χ0n) is 15.0. The van der Waals surface area contributed by atoms with Gasteiger partial charge >= 0.3 is 0 Å². The van der Waals surface area contributed by atoms with Gasteiger partial charge in [-0.15, -0.1) is 0 Å². The highest BCUT2D eigenvalue weighted by Crippen LogP contribution is 2.25. The van der Waals surface area contributed by atoms with Crippen molar-refractivity contribution in [2.45, 2.75) is 6.04 Å². The Morgan fingerprint density at radius 3 is 2.54 bits per heavy atom. The first-order chi connectivity index (χ1) is 13.8. The first-order valence-corrected chi connectivity index (χ1v) is 9.14. The summed E-state index contributed by atoms with van der Waals surface area (Å²) in [5.41, 5.74) is 5.35. The minimum Gasteiger partial charge on any atom is -0.351 e. The molecule has 3 aromatic carbocycles. The number of benzene rings is 3. The fraction of sp³-hybridized carbons (Fsp3) is 0.0435. The summed E-state index contributed by atoms with van der Waals surface area (Å²) in [7, 11) is 0. The third-order valence-corrected chi connectivity index (χ3v) is 4.96. The summed E-state index contributed by atoms with van der Waals surface area (Å²) in [4.78, 5) is 23.6. The molecule has 0 radical (unpaired) electrons. The van der Waals surface area contributed by atoms with E-state index < -0.39 is 0 Å². The molecule has 0 aliphatic carbocycles. The van der Waals surface area contributed by atoms with E-state index in [0.717, 1.165) is 33.1 Å². The van der Waals surface area contributed by atoms with Gasteiger partial charge in [-0.05, 0) is 35.4 Å². The molecule has 5 heteroatoms. The number of hydrogen-bond donors (Lipinski definition) is 3. The van der Waals surface area contributed by atoms with E-state index in [1.54, 1.807) is 6.33 Å². The van der Waals surface area contributed by atoms with E-state index in [1.165, 1.54) is 0 Å². The summed E-state index contributed by atoms with van der Waals surface area (Å²) in [6.45, 7) is 0. The van der Waals surface area contributed by atoms with Crippen molar-refractivity contribution in [1.82, 2.24) is 20.3 Å². The van der Waals surface area contributed by atoms with Crippen LogP contribution in [0.25, 0.3) is 21.9 Å². The fourth-order valence-electron chi connectivity index (χ4n) is 3.54. The Morgan fingerprint density at radius 2 is 1.68 bits per heavy atom. The molecule has 0 fully saturated rings. The zero-order chi connectivity index (χ0) is 18.9. The summed E-state index contributed by atoms with van der Waals surface area (Å²) in [6.07, 6.45) is 1.68. The van der Waals surface area contributed by atoms with E-state index in [2.05, 4.69) is 20.3 Å². The van der Waals surface area contributed by atoms with E-state index in [1.807, 2.05) is 78.9 Å². The van der Waals surface area contributed by atoms with E-state index in [-0.39, 0.29) is 11.9 Å². The molecular weight excluding hydrogens is 348 g/mol. The molecule has 0 bridgehead atoms. The Hall–Kier alpha value is -3.86. The number of aromatic amines is 2. The molecule has 0 saturated heterocycles. The Morgan fingerprint density at radius 1 is 0.857 bits per heavy atom. The molecule has 136 valence electrons. The van der Waals surface area contributed by atoms with Gasteiger partial charge in [0.1, 0.15) is 5.69 Å². The first kappa shape index (κ1) is 16.3. The van der Waals surface area contributed by atoms with Crippen molar-refractivity contribution >= 4 is 27.8 Å². The Bertz CT molecular complexity index is 1240. The number of carbonyl (C=O) groups excluding carboxylic acids is 1. The van der Waals surface area contributed by atoms with Crippen LogP contribution >= 0.6 is 0 Å². The maximum Gasteiger partial charge on any atom is 0.268 e. The number of nitrogens with zero attached hydrogens (tertiary/aromatic N) is 1. The van der Waals surface area contributed by atoms with Crippen LogP contribution in [0.4, 0.5) is 0 Å². The smallest absolute Gasteiger partial charge is 0.268 e. The molecule has 0 aliphatic rings. The quantitative estimate of drug-likeness (QED) is 0.436. The lowest BCUT2D eigenvalue weighted by molar-refractivity contribution is 0.0939. The maximum atomic E-state index is 13.0. The van der Waals surface area contributed by atoms with Gasteiger partial charge in [-0.1, -0.05) is 54.6 Å². The van der Waals surface area contributed by atoms with Crippen LogP contribution < -0.4 is 5.32 Å². The topological polar surface area (TPSA) is 73.6 Å². The molecular formula is C23H18N4O. The van der Waals surface area contributed by atoms with Crippen molar-refractivity contribution in [3.05, 3.63) is 102 Å². The van der Waals surface area contributed by atoms with Gasteiger partial charge in [0.25, 0.3) is 5.91 Å². The summed E-state index contributed by atoms with van der Waals surface area (Å²) in [5, 5.41) is 4.20. The van der Waals surface area contributed by atoms with E-state index >= 15 is 0 Å². The number of rotatable bonds is 4. The number of imidazole rings is 1. The van der Waals surface area contributed by atoms with Crippen molar-refractivity contribution in [2.24, 2.45) is 0 Å². The van der Waals surface area contributed by atoms with E-state index in [0.29, 0.717) is 5.69 Å². The van der Waals surface area contributed by atoms with Gasteiger partial charge in [0.2, 0.25) is 0 Å². The van der Waals surface area contributed by atoms with Crippen molar-refractivity contribution in [2.75, 3.05) is 0 Å². The summed E-state index contributed by atoms with van der Waals surface area (Å²) in [5.74, 6) is -0.144. The standard InChI is InChI=1S/C23H18N4O/c28-23(21-12-16-8-4-5-9-18(16)26-21)27-22(15-6-2-1-3-7-15)17-10-11-19-20(13-17)25-14-24-19/h1-14,22,26H,(H,24,25)(H,27,28). The highest BCUT2D eigenvalue weighted by atomic mass is 16.1. The number of para-hydroxylation sites is 1. The predicted octanol–water partition coefficient (Wildman–Crippen LogP) is 4.56. The van der Waals surface area contributed by atoms with E-state index in [9.17, 15) is 4.79 Å². The molecule has 1 unspecified atom stereocenters. The highest BCUT2D eigenvalue weighted by molar-refractivity contribution is 5.98. The number of amides is 1. The molecule has 5 nitrogen and oxygen atoms in total. The Labute approximate surface area is 161 Å². The van der Waals surface area contributed by atoms with Gasteiger partial charge < -0.3 is 15.3 Å². The third-order valence-electron chi connectivity index (χ3n) is 4.96. The van der Waals surface area contributed by atoms with Gasteiger partial charge in [-0.2, -0.15) is 0 Å². The molecule has 0 saturated carbocycles. The minimum absolute atomic E-state index is 0.144. The molecule has 0 aliphatic heterocycles. The SMILES string of the molecule is O=C(NC(c1ccccc1)c1ccc2nc[nH]c2c1)c1cc2ccccc2[nH]1. The second kappa shape index (κ2) is 6.70. The lowest BCUT2D eigenvalue weighted by Crippen LogP contribution is -2.29. The monoisotopic (exact) mass is 366 g/mol. The zero-order valence-corrected chi connectivity index (χ0v) is 15.0. The van der Waals surface area contributed by atoms with Crippen molar-refractivity contribution in [3.8, 4) is 0 Å². The lowest BCUT2D eigenvalue weighted by atomic mass is 9.98. The van der Waals surface area contributed by atoms with Gasteiger partial charge in [-0.25, -0.2) is 4.98 Å². The second-order valence-electron chi connectivity index (χ2n) is 6.77. The largest absolute Gasteiger partial charge is 0.351 e. The van der Waals surface area contributed by atoms with Crippen LogP contribution in [0.3, 0.4) is 0 Å². The van der Waals surface area contributed by atoms with Crippen LogP contribution in [0, 0.1) is 0 Å². The summed E-state index contributed by atoms with van der Waals surface area (Å²) < 4.78 is 0. The van der Waals surface area contributed by atoms with Crippen LogP contribution in [0.15, 0.2) is 85.2 Å². The van der Waals surface area contributed by atoms with Crippen LogP contribution in [0.5, 0.6) is 0 Å². The number of nitrogens with one attached hydrogen (secondary N) is 3.